The van der Waals surface area contributed by atoms with Crippen molar-refractivity contribution < 1.29 is 9.59 Å². The third kappa shape index (κ3) is 0.870. The smallest absolute Gasteiger partial charge is 0.228 e. The van der Waals surface area contributed by atoms with Crippen molar-refractivity contribution in [3.8, 4) is 0 Å². The van der Waals surface area contributed by atoms with Crippen LogP contribution in [0.15, 0.2) is 0 Å². The molecule has 1 aliphatic heterocycles. The monoisotopic (exact) mass is 153 g/mol. The molecule has 1 heterocycles. The van der Waals surface area contributed by atoms with Crippen molar-refractivity contribution in [2.24, 2.45) is 5.92 Å². The maximum absolute atomic E-state index is 11.3. The lowest BCUT2D eigenvalue weighted by Crippen LogP contribution is -2.45. The van der Waals surface area contributed by atoms with Gasteiger partial charge in [-0.2, -0.15) is 0 Å². The summed E-state index contributed by atoms with van der Waals surface area (Å²) in [5, 5.41) is 2.75. The molecule has 1 saturated carbocycles. The summed E-state index contributed by atoms with van der Waals surface area (Å²) < 4.78 is 0. The van der Waals surface area contributed by atoms with E-state index in [1.807, 2.05) is 6.92 Å². The van der Waals surface area contributed by atoms with Crippen LogP contribution in [0.3, 0.4) is 0 Å². The van der Waals surface area contributed by atoms with Crippen molar-refractivity contribution in [1.82, 2.24) is 5.32 Å². The summed E-state index contributed by atoms with van der Waals surface area (Å²) in [5.41, 5.74) is -0.503. The van der Waals surface area contributed by atoms with E-state index in [-0.39, 0.29) is 18.1 Å². The van der Waals surface area contributed by atoms with Crippen molar-refractivity contribution in [2.75, 3.05) is 0 Å². The molecule has 60 valence electrons. The predicted molar refractivity (Wildman–Crippen MR) is 38.9 cm³/mol. The standard InChI is InChI=1S/C8H11NO2/c1-8(5-2-3-5)6(10)4-7(11)9-8/h5H,2-4H2,1H3,(H,9,11). The van der Waals surface area contributed by atoms with Gasteiger partial charge in [-0.1, -0.05) is 0 Å². The minimum atomic E-state index is -0.503. The summed E-state index contributed by atoms with van der Waals surface area (Å²) >= 11 is 0. The van der Waals surface area contributed by atoms with Crippen molar-refractivity contribution in [3.63, 3.8) is 0 Å². The van der Waals surface area contributed by atoms with E-state index < -0.39 is 5.54 Å². The molecule has 0 radical (unpaired) electrons. The van der Waals surface area contributed by atoms with Gasteiger partial charge in [-0.25, -0.2) is 0 Å². The summed E-state index contributed by atoms with van der Waals surface area (Å²) in [6, 6.07) is 0. The number of hydrogen-bond donors (Lipinski definition) is 1. The Kier molecular flexibility index (Phi) is 1.14. The molecule has 2 aliphatic rings. The summed E-state index contributed by atoms with van der Waals surface area (Å²) in [5.74, 6) is 0.385. The van der Waals surface area contributed by atoms with Gasteiger partial charge in [-0.05, 0) is 25.7 Å². The molecule has 0 aromatic heterocycles. The molecule has 1 aliphatic carbocycles. The van der Waals surface area contributed by atoms with Crippen molar-refractivity contribution in [3.05, 3.63) is 0 Å². The first-order valence-corrected chi connectivity index (χ1v) is 3.97. The third-order valence-electron chi connectivity index (χ3n) is 2.69. The lowest BCUT2D eigenvalue weighted by atomic mass is 9.93. The van der Waals surface area contributed by atoms with Gasteiger partial charge in [-0.3, -0.25) is 9.59 Å². The van der Waals surface area contributed by atoms with Gasteiger partial charge in [0.05, 0.1) is 12.0 Å². The van der Waals surface area contributed by atoms with Crippen molar-refractivity contribution in [2.45, 2.75) is 31.7 Å². The highest BCUT2D eigenvalue weighted by molar-refractivity contribution is 6.10. The third-order valence-corrected chi connectivity index (χ3v) is 2.69. The molecule has 1 amide bonds. The Morgan fingerprint density at radius 3 is 2.45 bits per heavy atom. The molecule has 0 aromatic rings. The predicted octanol–water partition coefficient (Wildman–Crippen LogP) is 0.244. The molecule has 1 N–H and O–H groups in total. The lowest BCUT2D eigenvalue weighted by Gasteiger charge is -2.20. The molecule has 2 rings (SSSR count). The SMILES string of the molecule is CC1(C2CC2)NC(=O)CC1=O. The normalized spacial score (nSPS) is 37.5. The highest BCUT2D eigenvalue weighted by Crippen LogP contribution is 2.42. The molecule has 0 spiro atoms. The zero-order valence-corrected chi connectivity index (χ0v) is 6.52. The number of carbonyl (C=O) groups is 2. The number of hydrogen-bond acceptors (Lipinski definition) is 2. The number of amides is 1. The number of Topliss-reactive ketones (excluding diaryl/α,β-unsaturated/α-hetero) is 1. The van der Waals surface area contributed by atoms with E-state index in [1.165, 1.54) is 0 Å². The van der Waals surface area contributed by atoms with Crippen LogP contribution in [-0.2, 0) is 9.59 Å². The van der Waals surface area contributed by atoms with E-state index in [9.17, 15) is 9.59 Å². The zero-order chi connectivity index (χ0) is 8.06. The Morgan fingerprint density at radius 1 is 1.45 bits per heavy atom. The number of ketones is 1. The van der Waals surface area contributed by atoms with Crippen LogP contribution in [0.2, 0.25) is 0 Å². The molecule has 2 fully saturated rings. The van der Waals surface area contributed by atoms with Crippen LogP contribution in [0.5, 0.6) is 0 Å². The van der Waals surface area contributed by atoms with Crippen LogP contribution in [0.4, 0.5) is 0 Å². The topological polar surface area (TPSA) is 46.2 Å². The minimum absolute atomic E-state index is 0.0741. The number of rotatable bonds is 1. The van der Waals surface area contributed by atoms with Gasteiger partial charge in [-0.15, -0.1) is 0 Å². The molecule has 1 unspecified atom stereocenters. The number of nitrogens with one attached hydrogen (secondary N) is 1. The van der Waals surface area contributed by atoms with Crippen LogP contribution in [0.1, 0.15) is 26.2 Å². The highest BCUT2D eigenvalue weighted by Gasteiger charge is 2.51. The van der Waals surface area contributed by atoms with E-state index >= 15 is 0 Å². The molecule has 0 aromatic carbocycles. The van der Waals surface area contributed by atoms with E-state index in [0.29, 0.717) is 5.92 Å². The van der Waals surface area contributed by atoms with E-state index in [4.69, 9.17) is 0 Å². The van der Waals surface area contributed by atoms with Crippen LogP contribution in [0, 0.1) is 5.92 Å². The Morgan fingerprint density at radius 2 is 2.09 bits per heavy atom. The van der Waals surface area contributed by atoms with Gasteiger partial charge in [0.1, 0.15) is 0 Å². The Hall–Kier alpha value is -0.860. The van der Waals surface area contributed by atoms with Crippen LogP contribution >= 0.6 is 0 Å². The van der Waals surface area contributed by atoms with Gasteiger partial charge < -0.3 is 5.32 Å². The summed E-state index contributed by atoms with van der Waals surface area (Å²) in [6.45, 7) is 1.85. The number of carbonyl (C=O) groups excluding carboxylic acids is 2. The minimum Gasteiger partial charge on any atom is -0.343 e. The van der Waals surface area contributed by atoms with Gasteiger partial charge in [0.15, 0.2) is 5.78 Å². The molecule has 0 bridgehead atoms. The average molecular weight is 153 g/mol. The average Bonchev–Trinajstić information content (AvgIpc) is 2.63. The first-order valence-electron chi connectivity index (χ1n) is 3.97. The van der Waals surface area contributed by atoms with Gasteiger partial charge in [0.2, 0.25) is 5.91 Å². The first-order chi connectivity index (χ1) is 5.13. The molecular weight excluding hydrogens is 142 g/mol. The fraction of sp³-hybridized carbons (Fsp3) is 0.750. The largest absolute Gasteiger partial charge is 0.343 e. The maximum Gasteiger partial charge on any atom is 0.228 e. The van der Waals surface area contributed by atoms with Gasteiger partial charge in [0.25, 0.3) is 0 Å². The fourth-order valence-corrected chi connectivity index (χ4v) is 1.72. The summed E-state index contributed by atoms with van der Waals surface area (Å²) in [7, 11) is 0. The van der Waals surface area contributed by atoms with Gasteiger partial charge in [0, 0.05) is 0 Å². The Balaban J connectivity index is 2.23. The second-order valence-electron chi connectivity index (χ2n) is 3.62. The van der Waals surface area contributed by atoms with E-state index in [1.54, 1.807) is 0 Å². The Bertz CT molecular complexity index is 232. The molecular formula is C8H11NO2. The second-order valence-corrected chi connectivity index (χ2v) is 3.62. The van der Waals surface area contributed by atoms with Gasteiger partial charge >= 0.3 is 0 Å². The molecule has 3 heteroatoms. The van der Waals surface area contributed by atoms with E-state index in [0.717, 1.165) is 12.8 Å². The van der Waals surface area contributed by atoms with Crippen molar-refractivity contribution >= 4 is 11.7 Å². The molecule has 3 nitrogen and oxygen atoms in total. The summed E-state index contributed by atoms with van der Waals surface area (Å²) in [4.78, 5) is 22.2. The quantitative estimate of drug-likeness (QED) is 0.549. The maximum atomic E-state index is 11.3. The van der Waals surface area contributed by atoms with Crippen LogP contribution in [0.25, 0.3) is 0 Å². The van der Waals surface area contributed by atoms with Crippen LogP contribution in [-0.4, -0.2) is 17.2 Å². The zero-order valence-electron chi connectivity index (χ0n) is 6.52. The lowest BCUT2D eigenvalue weighted by molar-refractivity contribution is -0.123. The van der Waals surface area contributed by atoms with Crippen LogP contribution < -0.4 is 5.32 Å². The molecule has 1 saturated heterocycles. The summed E-state index contributed by atoms with van der Waals surface area (Å²) in [6.07, 6.45) is 2.26. The van der Waals surface area contributed by atoms with E-state index in [2.05, 4.69) is 5.32 Å². The molecule has 1 atom stereocenters. The highest BCUT2D eigenvalue weighted by atomic mass is 16.2. The van der Waals surface area contributed by atoms with Crippen molar-refractivity contribution in [1.29, 1.82) is 0 Å². The fourth-order valence-electron chi connectivity index (χ4n) is 1.72. The second kappa shape index (κ2) is 1.84. The Labute approximate surface area is 65.2 Å². The first kappa shape index (κ1) is 6.83. The molecule has 11 heavy (non-hydrogen) atoms.